The summed E-state index contributed by atoms with van der Waals surface area (Å²) in [5.74, 6) is 2.05. The lowest BCUT2D eigenvalue weighted by molar-refractivity contribution is 0.0697. The Kier molecular flexibility index (Phi) is 4.77. The number of hydrogen-bond donors (Lipinski definition) is 1. The van der Waals surface area contributed by atoms with Crippen LogP contribution in [0.3, 0.4) is 0 Å². The van der Waals surface area contributed by atoms with Crippen LogP contribution in [0.5, 0.6) is 0 Å². The van der Waals surface area contributed by atoms with Gasteiger partial charge < -0.3 is 14.0 Å². The van der Waals surface area contributed by atoms with E-state index in [-0.39, 0.29) is 11.5 Å². The lowest BCUT2D eigenvalue weighted by atomic mass is 9.97. The van der Waals surface area contributed by atoms with Gasteiger partial charge >= 0.3 is 5.97 Å². The number of carbonyl (C=O) groups is 1. The second-order valence-corrected chi connectivity index (χ2v) is 6.86. The Labute approximate surface area is 156 Å². The first-order valence-electron chi connectivity index (χ1n) is 9.04. The van der Waals surface area contributed by atoms with Crippen molar-refractivity contribution in [1.29, 1.82) is 0 Å². The zero-order chi connectivity index (χ0) is 18.8. The maximum Gasteiger partial charge on any atom is 0.336 e. The Morgan fingerprint density at radius 3 is 2.93 bits per heavy atom. The van der Waals surface area contributed by atoms with E-state index in [4.69, 9.17) is 8.94 Å². The molecule has 1 atom stereocenters. The summed E-state index contributed by atoms with van der Waals surface area (Å²) < 4.78 is 11.1. The fourth-order valence-electron chi connectivity index (χ4n) is 3.60. The van der Waals surface area contributed by atoms with E-state index in [1.54, 1.807) is 25.1 Å². The fourth-order valence-corrected chi connectivity index (χ4v) is 3.60. The Balaban J connectivity index is 1.47. The van der Waals surface area contributed by atoms with Gasteiger partial charge in [0.1, 0.15) is 11.5 Å². The van der Waals surface area contributed by atoms with E-state index in [2.05, 4.69) is 15.0 Å². The number of piperidine rings is 1. The zero-order valence-electron chi connectivity index (χ0n) is 15.1. The number of benzene rings is 1. The summed E-state index contributed by atoms with van der Waals surface area (Å²) in [6, 6.07) is 10.6. The number of furan rings is 1. The van der Waals surface area contributed by atoms with E-state index in [1.807, 2.05) is 18.2 Å². The summed E-state index contributed by atoms with van der Waals surface area (Å²) in [6.45, 7) is 4.30. The average Bonchev–Trinajstić information content (AvgIpc) is 3.31. The number of nitrogens with zero attached hydrogens (tertiary/aromatic N) is 3. The Bertz CT molecular complexity index is 946. The molecule has 1 fully saturated rings. The molecule has 0 spiro atoms. The van der Waals surface area contributed by atoms with Gasteiger partial charge in [-0.15, -0.1) is 0 Å². The number of aromatic nitrogens is 2. The van der Waals surface area contributed by atoms with Gasteiger partial charge in [-0.3, -0.25) is 4.90 Å². The Morgan fingerprint density at radius 1 is 1.30 bits per heavy atom. The summed E-state index contributed by atoms with van der Waals surface area (Å²) in [7, 11) is 0. The van der Waals surface area contributed by atoms with Gasteiger partial charge in [-0.25, -0.2) is 4.79 Å². The summed E-state index contributed by atoms with van der Waals surface area (Å²) in [5, 5.41) is 13.4. The van der Waals surface area contributed by atoms with E-state index >= 15 is 0 Å². The molecule has 4 rings (SSSR count). The van der Waals surface area contributed by atoms with E-state index in [9.17, 15) is 9.90 Å². The third kappa shape index (κ3) is 3.78. The van der Waals surface area contributed by atoms with Gasteiger partial charge in [-0.1, -0.05) is 23.4 Å². The average molecular weight is 367 g/mol. The van der Waals surface area contributed by atoms with Crippen LogP contribution in [0, 0.1) is 6.92 Å². The first-order chi connectivity index (χ1) is 13.1. The Morgan fingerprint density at radius 2 is 2.15 bits per heavy atom. The van der Waals surface area contributed by atoms with Crippen molar-refractivity contribution in [1.82, 2.24) is 15.0 Å². The highest BCUT2D eigenvalue weighted by atomic mass is 16.5. The van der Waals surface area contributed by atoms with Crippen molar-refractivity contribution in [3.05, 3.63) is 59.4 Å². The number of carboxylic acid groups (broad SMARTS) is 1. The SMILES string of the molecule is Cc1nc(C2CCCN(Cc3ccc(-c4ccccc4C(=O)O)o3)C2)no1. The van der Waals surface area contributed by atoms with Crippen LogP contribution in [-0.2, 0) is 6.54 Å². The van der Waals surface area contributed by atoms with Gasteiger partial charge in [0.15, 0.2) is 5.82 Å². The highest BCUT2D eigenvalue weighted by Gasteiger charge is 2.25. The molecular formula is C20H21N3O4. The minimum absolute atomic E-state index is 0.240. The first kappa shape index (κ1) is 17.5. The second-order valence-electron chi connectivity index (χ2n) is 6.86. The molecule has 1 unspecified atom stereocenters. The van der Waals surface area contributed by atoms with Gasteiger partial charge in [0.25, 0.3) is 0 Å². The molecule has 1 N–H and O–H groups in total. The monoisotopic (exact) mass is 367 g/mol. The van der Waals surface area contributed by atoms with Crippen LogP contribution in [-0.4, -0.2) is 39.2 Å². The number of rotatable bonds is 5. The first-order valence-corrected chi connectivity index (χ1v) is 9.04. The summed E-state index contributed by atoms with van der Waals surface area (Å²) in [4.78, 5) is 18.1. The van der Waals surface area contributed by atoms with Crippen molar-refractivity contribution in [2.75, 3.05) is 13.1 Å². The molecule has 0 amide bonds. The largest absolute Gasteiger partial charge is 0.478 e. The predicted octanol–water partition coefficient (Wildman–Crippen LogP) is 3.72. The molecule has 7 nitrogen and oxygen atoms in total. The molecule has 0 radical (unpaired) electrons. The third-order valence-electron chi connectivity index (χ3n) is 4.88. The van der Waals surface area contributed by atoms with Crippen LogP contribution in [0.4, 0.5) is 0 Å². The third-order valence-corrected chi connectivity index (χ3v) is 4.88. The molecule has 27 heavy (non-hydrogen) atoms. The highest BCUT2D eigenvalue weighted by molar-refractivity contribution is 5.95. The minimum atomic E-state index is -0.960. The van der Waals surface area contributed by atoms with Crippen LogP contribution in [0.2, 0.25) is 0 Å². The number of carboxylic acids is 1. The molecular weight excluding hydrogens is 346 g/mol. The number of hydrogen-bond acceptors (Lipinski definition) is 6. The molecule has 3 heterocycles. The van der Waals surface area contributed by atoms with E-state index < -0.39 is 5.97 Å². The maximum atomic E-state index is 11.4. The topological polar surface area (TPSA) is 92.6 Å². The molecule has 1 saturated heterocycles. The van der Waals surface area contributed by atoms with E-state index in [1.165, 1.54) is 0 Å². The minimum Gasteiger partial charge on any atom is -0.478 e. The molecule has 3 aromatic rings. The normalized spacial score (nSPS) is 17.9. The smallest absolute Gasteiger partial charge is 0.336 e. The molecule has 1 aromatic carbocycles. The van der Waals surface area contributed by atoms with Crippen LogP contribution in [0.15, 0.2) is 45.3 Å². The van der Waals surface area contributed by atoms with Crippen molar-refractivity contribution in [2.45, 2.75) is 32.2 Å². The van der Waals surface area contributed by atoms with Gasteiger partial charge in [0.05, 0.1) is 12.1 Å². The summed E-state index contributed by atoms with van der Waals surface area (Å²) >= 11 is 0. The van der Waals surface area contributed by atoms with Gasteiger partial charge in [0, 0.05) is 24.9 Å². The maximum absolute atomic E-state index is 11.4. The van der Waals surface area contributed by atoms with Crippen molar-refractivity contribution in [3.63, 3.8) is 0 Å². The number of aryl methyl sites for hydroxylation is 1. The number of likely N-dealkylation sites (tertiary alicyclic amines) is 1. The molecule has 2 aromatic heterocycles. The van der Waals surface area contributed by atoms with Crippen molar-refractivity contribution < 1.29 is 18.8 Å². The van der Waals surface area contributed by atoms with Crippen LogP contribution >= 0.6 is 0 Å². The van der Waals surface area contributed by atoms with Gasteiger partial charge in [0.2, 0.25) is 5.89 Å². The molecule has 1 aliphatic heterocycles. The lowest BCUT2D eigenvalue weighted by Crippen LogP contribution is -2.34. The van der Waals surface area contributed by atoms with E-state index in [0.29, 0.717) is 23.8 Å². The molecule has 0 saturated carbocycles. The van der Waals surface area contributed by atoms with Crippen LogP contribution < -0.4 is 0 Å². The molecule has 1 aliphatic rings. The van der Waals surface area contributed by atoms with Gasteiger partial charge in [-0.05, 0) is 37.6 Å². The quantitative estimate of drug-likeness (QED) is 0.734. The van der Waals surface area contributed by atoms with E-state index in [0.717, 1.165) is 37.5 Å². The molecule has 0 aliphatic carbocycles. The molecule has 140 valence electrons. The Hall–Kier alpha value is -2.93. The number of aromatic carboxylic acids is 1. The van der Waals surface area contributed by atoms with Gasteiger partial charge in [-0.2, -0.15) is 4.98 Å². The summed E-state index contributed by atoms with van der Waals surface area (Å²) in [5.41, 5.74) is 0.832. The fraction of sp³-hybridized carbons (Fsp3) is 0.350. The van der Waals surface area contributed by atoms with Crippen molar-refractivity contribution in [3.8, 4) is 11.3 Å². The second kappa shape index (κ2) is 7.36. The highest BCUT2D eigenvalue weighted by Crippen LogP contribution is 2.29. The van der Waals surface area contributed by atoms with Crippen molar-refractivity contribution in [2.24, 2.45) is 0 Å². The summed E-state index contributed by atoms with van der Waals surface area (Å²) in [6.07, 6.45) is 2.11. The molecule has 7 heteroatoms. The van der Waals surface area contributed by atoms with Crippen molar-refractivity contribution >= 4 is 5.97 Å². The van der Waals surface area contributed by atoms with Crippen LogP contribution in [0.25, 0.3) is 11.3 Å². The lowest BCUT2D eigenvalue weighted by Gasteiger charge is -2.30. The van der Waals surface area contributed by atoms with Crippen LogP contribution in [0.1, 0.15) is 46.6 Å². The molecule has 0 bridgehead atoms. The zero-order valence-corrected chi connectivity index (χ0v) is 15.1. The standard InChI is InChI=1S/C20H21N3O4/c1-13-21-19(22-27-13)14-5-4-10-23(11-14)12-15-8-9-18(26-15)16-6-2-3-7-17(16)20(24)25/h2-3,6-9,14H,4-5,10-12H2,1H3,(H,24,25). The predicted molar refractivity (Wildman–Crippen MR) is 97.4 cm³/mol.